The first kappa shape index (κ1) is 16.9. The third-order valence-corrected chi connectivity index (χ3v) is 3.44. The van der Waals surface area contributed by atoms with Crippen LogP contribution in [0.5, 0.6) is 6.01 Å². The van der Waals surface area contributed by atoms with E-state index in [2.05, 4.69) is 15.0 Å². The second-order valence-electron chi connectivity index (χ2n) is 5.23. The van der Waals surface area contributed by atoms with Crippen molar-refractivity contribution in [3.8, 4) is 6.01 Å². The number of pyridine rings is 1. The van der Waals surface area contributed by atoms with E-state index < -0.39 is 35.2 Å². The lowest BCUT2D eigenvalue weighted by Crippen LogP contribution is -2.55. The molecule has 0 saturated carbocycles. The Labute approximate surface area is 137 Å². The van der Waals surface area contributed by atoms with Crippen LogP contribution in [0.2, 0.25) is 0 Å². The molecule has 0 amide bonds. The molecule has 25 heavy (non-hydrogen) atoms. The highest BCUT2D eigenvalue weighted by Crippen LogP contribution is 2.32. The van der Waals surface area contributed by atoms with E-state index in [1.165, 1.54) is 4.90 Å². The average Bonchev–Trinajstić information content (AvgIpc) is 2.51. The van der Waals surface area contributed by atoms with Gasteiger partial charge < -0.3 is 14.7 Å². The number of carboxylic acids is 1. The third-order valence-electron chi connectivity index (χ3n) is 3.44. The van der Waals surface area contributed by atoms with E-state index in [0.717, 1.165) is 12.4 Å². The molecule has 1 aliphatic heterocycles. The monoisotopic (exact) mass is 358 g/mol. The number of nitrogens with zero attached hydrogens (tertiary/aromatic N) is 4. The van der Waals surface area contributed by atoms with Gasteiger partial charge in [0, 0.05) is 6.20 Å². The van der Waals surface area contributed by atoms with E-state index >= 15 is 0 Å². The number of halogens is 4. The number of hydrogen-bond acceptors (Lipinski definition) is 6. The van der Waals surface area contributed by atoms with Crippen molar-refractivity contribution in [2.75, 3.05) is 18.0 Å². The molecular formula is C14H10F4N4O3. The molecule has 0 aromatic carbocycles. The topological polar surface area (TPSA) is 88.4 Å². The largest absolute Gasteiger partial charge is 0.478 e. The van der Waals surface area contributed by atoms with Gasteiger partial charge in [-0.05, 0) is 6.07 Å². The quantitative estimate of drug-likeness (QED) is 0.836. The summed E-state index contributed by atoms with van der Waals surface area (Å²) in [7, 11) is 0. The summed E-state index contributed by atoms with van der Waals surface area (Å²) in [5, 5.41) is 9.13. The molecule has 11 heteroatoms. The molecule has 0 unspecified atom stereocenters. The Bertz CT molecular complexity index is 792. The van der Waals surface area contributed by atoms with E-state index in [9.17, 15) is 22.4 Å². The summed E-state index contributed by atoms with van der Waals surface area (Å²) in [5.74, 6) is -2.22. The van der Waals surface area contributed by atoms with Gasteiger partial charge in [0.05, 0.1) is 31.0 Å². The molecule has 3 heterocycles. The SMILES string of the molecule is O=C(O)c1cc(C(F)(F)F)cnc1N1CC(Oc2ncc(F)cn2)C1. The van der Waals surface area contributed by atoms with Gasteiger partial charge in [-0.3, -0.25) is 0 Å². The first-order valence-electron chi connectivity index (χ1n) is 6.93. The molecule has 2 aromatic heterocycles. The molecule has 0 spiro atoms. The molecular weight excluding hydrogens is 348 g/mol. The predicted molar refractivity (Wildman–Crippen MR) is 74.8 cm³/mol. The molecule has 132 valence electrons. The zero-order chi connectivity index (χ0) is 18.2. The lowest BCUT2D eigenvalue weighted by Gasteiger charge is -2.39. The highest BCUT2D eigenvalue weighted by atomic mass is 19.4. The molecule has 1 N–H and O–H groups in total. The maximum absolute atomic E-state index is 12.7. The highest BCUT2D eigenvalue weighted by Gasteiger charge is 2.36. The number of rotatable bonds is 4. The lowest BCUT2D eigenvalue weighted by molar-refractivity contribution is -0.137. The summed E-state index contributed by atoms with van der Waals surface area (Å²) < 4.78 is 56.1. The van der Waals surface area contributed by atoms with Gasteiger partial charge >= 0.3 is 18.2 Å². The predicted octanol–water partition coefficient (Wildman–Crippen LogP) is 2.00. The smallest absolute Gasteiger partial charge is 0.417 e. The Morgan fingerprint density at radius 1 is 1.20 bits per heavy atom. The summed E-state index contributed by atoms with van der Waals surface area (Å²) >= 11 is 0. The fourth-order valence-electron chi connectivity index (χ4n) is 2.22. The van der Waals surface area contributed by atoms with Crippen LogP contribution in [0, 0.1) is 5.82 Å². The number of hydrogen-bond donors (Lipinski definition) is 1. The van der Waals surface area contributed by atoms with Crippen molar-refractivity contribution in [3.63, 3.8) is 0 Å². The Balaban J connectivity index is 1.71. The van der Waals surface area contributed by atoms with Crippen LogP contribution < -0.4 is 9.64 Å². The number of aromatic nitrogens is 3. The molecule has 0 atom stereocenters. The van der Waals surface area contributed by atoms with Gasteiger partial charge in [0.25, 0.3) is 0 Å². The fraction of sp³-hybridized carbons (Fsp3) is 0.286. The number of anilines is 1. The van der Waals surface area contributed by atoms with Crippen LogP contribution in [0.4, 0.5) is 23.4 Å². The van der Waals surface area contributed by atoms with Crippen LogP contribution in [0.1, 0.15) is 15.9 Å². The summed E-state index contributed by atoms with van der Waals surface area (Å²) in [6.45, 7) is 0.360. The van der Waals surface area contributed by atoms with Crippen LogP contribution in [0.15, 0.2) is 24.7 Å². The normalized spacial score (nSPS) is 15.0. The van der Waals surface area contributed by atoms with Crippen LogP contribution in [-0.2, 0) is 6.18 Å². The minimum atomic E-state index is -4.68. The van der Waals surface area contributed by atoms with Gasteiger partial charge in [-0.25, -0.2) is 24.1 Å². The number of alkyl halides is 3. The summed E-state index contributed by atoms with van der Waals surface area (Å²) in [4.78, 5) is 23.6. The maximum atomic E-state index is 12.7. The van der Waals surface area contributed by atoms with E-state index in [-0.39, 0.29) is 24.9 Å². The number of aromatic carboxylic acids is 1. The number of ether oxygens (including phenoxy) is 1. The van der Waals surface area contributed by atoms with Crippen LogP contribution in [0.25, 0.3) is 0 Å². The summed E-state index contributed by atoms with van der Waals surface area (Å²) in [5.41, 5.74) is -1.69. The van der Waals surface area contributed by atoms with Crippen LogP contribution >= 0.6 is 0 Å². The van der Waals surface area contributed by atoms with Crippen LogP contribution in [0.3, 0.4) is 0 Å². The molecule has 0 radical (unpaired) electrons. The van der Waals surface area contributed by atoms with Gasteiger partial charge in [-0.15, -0.1) is 0 Å². The van der Waals surface area contributed by atoms with E-state index in [0.29, 0.717) is 12.3 Å². The number of carbonyl (C=O) groups is 1. The van der Waals surface area contributed by atoms with Gasteiger partial charge in [-0.1, -0.05) is 0 Å². The van der Waals surface area contributed by atoms with Crippen LogP contribution in [-0.4, -0.2) is 45.2 Å². The summed E-state index contributed by atoms with van der Waals surface area (Å²) in [6, 6.07) is 0.493. The van der Waals surface area contributed by atoms with Crippen molar-refractivity contribution in [1.82, 2.24) is 15.0 Å². The zero-order valence-corrected chi connectivity index (χ0v) is 12.4. The van der Waals surface area contributed by atoms with Crippen molar-refractivity contribution >= 4 is 11.8 Å². The zero-order valence-electron chi connectivity index (χ0n) is 12.4. The standard InChI is InChI=1S/C14H10F4N4O3/c15-8-3-20-13(21-4-8)25-9-5-22(6-9)11-10(12(23)24)1-7(2-19-11)14(16,17)18/h1-4,9H,5-6H2,(H,23,24). The van der Waals surface area contributed by atoms with E-state index in [1.54, 1.807) is 0 Å². The summed E-state index contributed by atoms with van der Waals surface area (Å²) in [6.07, 6.45) is -2.66. The molecule has 1 saturated heterocycles. The molecule has 7 nitrogen and oxygen atoms in total. The Kier molecular flexibility index (Phi) is 4.15. The minimum Gasteiger partial charge on any atom is -0.478 e. The Hall–Kier alpha value is -2.98. The van der Waals surface area contributed by atoms with Crippen molar-refractivity contribution in [3.05, 3.63) is 41.6 Å². The first-order chi connectivity index (χ1) is 11.7. The molecule has 1 aliphatic rings. The van der Waals surface area contributed by atoms with Gasteiger partial charge in [0.1, 0.15) is 17.5 Å². The maximum Gasteiger partial charge on any atom is 0.417 e. The second kappa shape index (κ2) is 6.15. The van der Waals surface area contributed by atoms with Crippen molar-refractivity contribution in [2.24, 2.45) is 0 Å². The lowest BCUT2D eigenvalue weighted by atomic mass is 10.1. The number of carboxylic acid groups (broad SMARTS) is 1. The highest BCUT2D eigenvalue weighted by molar-refractivity contribution is 5.93. The van der Waals surface area contributed by atoms with Crippen molar-refractivity contribution in [2.45, 2.75) is 12.3 Å². The average molecular weight is 358 g/mol. The molecule has 2 aromatic rings. The van der Waals surface area contributed by atoms with Gasteiger partial charge in [0.15, 0.2) is 5.82 Å². The van der Waals surface area contributed by atoms with Crippen molar-refractivity contribution < 1.29 is 32.2 Å². The van der Waals surface area contributed by atoms with Crippen molar-refractivity contribution in [1.29, 1.82) is 0 Å². The third kappa shape index (κ3) is 3.59. The minimum absolute atomic E-state index is 0.0510. The fourth-order valence-corrected chi connectivity index (χ4v) is 2.22. The van der Waals surface area contributed by atoms with Gasteiger partial charge in [0.2, 0.25) is 0 Å². The second-order valence-corrected chi connectivity index (χ2v) is 5.23. The molecule has 1 fully saturated rings. The van der Waals surface area contributed by atoms with E-state index in [4.69, 9.17) is 9.84 Å². The first-order valence-corrected chi connectivity index (χ1v) is 6.93. The Morgan fingerprint density at radius 3 is 2.40 bits per heavy atom. The Morgan fingerprint density at radius 2 is 1.84 bits per heavy atom. The van der Waals surface area contributed by atoms with Gasteiger partial charge in [-0.2, -0.15) is 13.2 Å². The molecule has 3 rings (SSSR count). The molecule has 0 bridgehead atoms. The van der Waals surface area contributed by atoms with E-state index in [1.807, 2.05) is 0 Å². The molecule has 0 aliphatic carbocycles.